The van der Waals surface area contributed by atoms with E-state index >= 15 is 0 Å². The number of aryl methyl sites for hydroxylation is 1. The normalized spacial score (nSPS) is 22.7. The molecule has 0 radical (unpaired) electrons. The molecule has 2 N–H and O–H groups in total. The summed E-state index contributed by atoms with van der Waals surface area (Å²) in [6.07, 6.45) is 9.27. The number of aromatic nitrogens is 2. The molecule has 2 aliphatic rings. The molecule has 1 aliphatic carbocycles. The molecule has 1 aromatic rings. The molecule has 25 heavy (non-hydrogen) atoms. The standard InChI is InChI=1S/C19H30N4O2/c1-14-12-18(24)22-17(21-14)9-10-20-19(25)15-6-5-11-23(13-15)16-7-3-2-4-8-16/h12,15-16H,2-11,13H2,1H3,(H,20,25)(H,21,22,24). The van der Waals surface area contributed by atoms with Crippen LogP contribution < -0.4 is 10.9 Å². The molecule has 0 aromatic carbocycles. The highest BCUT2D eigenvalue weighted by Gasteiger charge is 2.30. The first-order valence-corrected chi connectivity index (χ1v) is 9.70. The molecule has 3 rings (SSSR count). The molecule has 1 saturated carbocycles. The predicted octanol–water partition coefficient (Wildman–Crippen LogP) is 1.78. The van der Waals surface area contributed by atoms with Crippen LogP contribution in [-0.2, 0) is 11.2 Å². The molecule has 1 aromatic heterocycles. The SMILES string of the molecule is Cc1cc(=O)[nH]c(CCNC(=O)C2CCCN(C3CCCCC3)C2)n1. The Morgan fingerprint density at radius 2 is 2.08 bits per heavy atom. The Morgan fingerprint density at radius 1 is 1.28 bits per heavy atom. The van der Waals surface area contributed by atoms with Crippen molar-refractivity contribution in [1.82, 2.24) is 20.2 Å². The average Bonchev–Trinajstić information content (AvgIpc) is 2.62. The number of carbonyl (C=O) groups is 1. The lowest BCUT2D eigenvalue weighted by atomic mass is 9.90. The second kappa shape index (κ2) is 8.61. The lowest BCUT2D eigenvalue weighted by molar-refractivity contribution is -0.127. The Kier molecular flexibility index (Phi) is 6.24. The van der Waals surface area contributed by atoms with Crippen LogP contribution in [0.5, 0.6) is 0 Å². The zero-order valence-electron chi connectivity index (χ0n) is 15.2. The van der Waals surface area contributed by atoms with Gasteiger partial charge < -0.3 is 10.3 Å². The minimum Gasteiger partial charge on any atom is -0.355 e. The van der Waals surface area contributed by atoms with E-state index in [1.807, 2.05) is 0 Å². The average molecular weight is 346 g/mol. The van der Waals surface area contributed by atoms with Crippen LogP contribution in [0.15, 0.2) is 10.9 Å². The zero-order chi connectivity index (χ0) is 17.6. The van der Waals surface area contributed by atoms with E-state index in [0.29, 0.717) is 30.5 Å². The van der Waals surface area contributed by atoms with Crippen LogP contribution in [-0.4, -0.2) is 46.5 Å². The number of amides is 1. The van der Waals surface area contributed by atoms with Gasteiger partial charge in [-0.2, -0.15) is 0 Å². The van der Waals surface area contributed by atoms with Crippen molar-refractivity contribution in [3.8, 4) is 0 Å². The van der Waals surface area contributed by atoms with Gasteiger partial charge in [-0.1, -0.05) is 19.3 Å². The Hall–Kier alpha value is -1.69. The van der Waals surface area contributed by atoms with E-state index < -0.39 is 0 Å². The van der Waals surface area contributed by atoms with Crippen LogP contribution >= 0.6 is 0 Å². The van der Waals surface area contributed by atoms with Crippen molar-refractivity contribution in [3.63, 3.8) is 0 Å². The summed E-state index contributed by atoms with van der Waals surface area (Å²) in [7, 11) is 0. The van der Waals surface area contributed by atoms with Gasteiger partial charge in [0.2, 0.25) is 5.91 Å². The van der Waals surface area contributed by atoms with Crippen LogP contribution in [0.4, 0.5) is 0 Å². The molecule has 0 spiro atoms. The van der Waals surface area contributed by atoms with Crippen LogP contribution in [0.3, 0.4) is 0 Å². The molecule has 138 valence electrons. The van der Waals surface area contributed by atoms with Gasteiger partial charge in [0, 0.05) is 37.3 Å². The summed E-state index contributed by atoms with van der Waals surface area (Å²) in [6, 6.07) is 2.16. The maximum Gasteiger partial charge on any atom is 0.251 e. The van der Waals surface area contributed by atoms with E-state index in [4.69, 9.17) is 0 Å². The molecule has 6 nitrogen and oxygen atoms in total. The number of hydrogen-bond acceptors (Lipinski definition) is 4. The highest BCUT2D eigenvalue weighted by molar-refractivity contribution is 5.78. The third kappa shape index (κ3) is 5.14. The topological polar surface area (TPSA) is 78.1 Å². The van der Waals surface area contributed by atoms with Gasteiger partial charge in [0.05, 0.1) is 5.92 Å². The van der Waals surface area contributed by atoms with Crippen molar-refractivity contribution < 1.29 is 4.79 Å². The summed E-state index contributed by atoms with van der Waals surface area (Å²) in [4.78, 5) is 33.5. The van der Waals surface area contributed by atoms with Crippen molar-refractivity contribution in [2.45, 2.75) is 64.3 Å². The van der Waals surface area contributed by atoms with Crippen LogP contribution in [0.2, 0.25) is 0 Å². The van der Waals surface area contributed by atoms with Gasteiger partial charge >= 0.3 is 0 Å². The first-order chi connectivity index (χ1) is 12.1. The largest absolute Gasteiger partial charge is 0.355 e. The first-order valence-electron chi connectivity index (χ1n) is 9.70. The lowest BCUT2D eigenvalue weighted by Gasteiger charge is -2.39. The van der Waals surface area contributed by atoms with Gasteiger partial charge in [0.25, 0.3) is 5.56 Å². The van der Waals surface area contributed by atoms with Crippen LogP contribution in [0.1, 0.15) is 56.5 Å². The van der Waals surface area contributed by atoms with E-state index in [0.717, 1.165) is 25.9 Å². The van der Waals surface area contributed by atoms with Gasteiger partial charge in [-0.25, -0.2) is 4.98 Å². The van der Waals surface area contributed by atoms with Crippen molar-refractivity contribution in [3.05, 3.63) is 27.9 Å². The fourth-order valence-electron chi connectivity index (χ4n) is 4.21. The minimum atomic E-state index is -0.135. The number of aromatic amines is 1. The summed E-state index contributed by atoms with van der Waals surface area (Å²) in [6.45, 7) is 4.36. The zero-order valence-corrected chi connectivity index (χ0v) is 15.2. The highest BCUT2D eigenvalue weighted by Crippen LogP contribution is 2.27. The summed E-state index contributed by atoms with van der Waals surface area (Å²) in [5.74, 6) is 0.883. The molecular formula is C19H30N4O2. The first kappa shape index (κ1) is 18.1. The second-order valence-corrected chi connectivity index (χ2v) is 7.50. The molecule has 0 bridgehead atoms. The molecule has 1 aliphatic heterocycles. The third-order valence-corrected chi connectivity index (χ3v) is 5.49. The molecule has 2 fully saturated rings. The third-order valence-electron chi connectivity index (χ3n) is 5.49. The van der Waals surface area contributed by atoms with Gasteiger partial charge in [-0.15, -0.1) is 0 Å². The molecule has 1 amide bonds. The molecule has 6 heteroatoms. The van der Waals surface area contributed by atoms with E-state index in [-0.39, 0.29) is 17.4 Å². The fourth-order valence-corrected chi connectivity index (χ4v) is 4.21. The second-order valence-electron chi connectivity index (χ2n) is 7.50. The van der Waals surface area contributed by atoms with Crippen LogP contribution in [0.25, 0.3) is 0 Å². The van der Waals surface area contributed by atoms with E-state index in [1.54, 1.807) is 6.92 Å². The maximum atomic E-state index is 12.5. The number of nitrogens with one attached hydrogen (secondary N) is 2. The monoisotopic (exact) mass is 346 g/mol. The van der Waals surface area contributed by atoms with Gasteiger partial charge in [0.1, 0.15) is 5.82 Å². The maximum absolute atomic E-state index is 12.5. The Balaban J connectivity index is 1.46. The van der Waals surface area contributed by atoms with Crippen molar-refractivity contribution >= 4 is 5.91 Å². The van der Waals surface area contributed by atoms with Crippen molar-refractivity contribution in [1.29, 1.82) is 0 Å². The van der Waals surface area contributed by atoms with Gasteiger partial charge in [-0.3, -0.25) is 14.5 Å². The molecule has 1 unspecified atom stereocenters. The number of H-pyrrole nitrogens is 1. The number of likely N-dealkylation sites (tertiary alicyclic amines) is 1. The molecule has 2 heterocycles. The Bertz CT molecular complexity index is 637. The molecule has 1 saturated heterocycles. The Labute approximate surface area is 149 Å². The van der Waals surface area contributed by atoms with E-state index in [2.05, 4.69) is 20.2 Å². The van der Waals surface area contributed by atoms with Crippen molar-refractivity contribution in [2.75, 3.05) is 19.6 Å². The van der Waals surface area contributed by atoms with E-state index in [9.17, 15) is 9.59 Å². The highest BCUT2D eigenvalue weighted by atomic mass is 16.2. The Morgan fingerprint density at radius 3 is 2.84 bits per heavy atom. The smallest absolute Gasteiger partial charge is 0.251 e. The summed E-state index contributed by atoms with van der Waals surface area (Å²) in [5.41, 5.74) is 0.574. The number of rotatable bonds is 5. The summed E-state index contributed by atoms with van der Waals surface area (Å²) in [5, 5.41) is 3.04. The van der Waals surface area contributed by atoms with Crippen LogP contribution in [0, 0.1) is 12.8 Å². The summed E-state index contributed by atoms with van der Waals surface area (Å²) < 4.78 is 0. The predicted molar refractivity (Wildman–Crippen MR) is 97.5 cm³/mol. The van der Waals surface area contributed by atoms with Gasteiger partial charge in [0.15, 0.2) is 0 Å². The number of carbonyl (C=O) groups excluding carboxylic acids is 1. The fraction of sp³-hybridized carbons (Fsp3) is 0.737. The molecule has 1 atom stereocenters. The minimum absolute atomic E-state index is 0.0974. The number of nitrogens with zero attached hydrogens (tertiary/aromatic N) is 2. The molecular weight excluding hydrogens is 316 g/mol. The number of hydrogen-bond donors (Lipinski definition) is 2. The lowest BCUT2D eigenvalue weighted by Crippen LogP contribution is -2.47. The number of piperidine rings is 1. The quantitative estimate of drug-likeness (QED) is 0.852. The van der Waals surface area contributed by atoms with Crippen molar-refractivity contribution in [2.24, 2.45) is 5.92 Å². The summed E-state index contributed by atoms with van der Waals surface area (Å²) >= 11 is 0. The van der Waals surface area contributed by atoms with E-state index in [1.165, 1.54) is 38.2 Å². The van der Waals surface area contributed by atoms with Gasteiger partial charge in [-0.05, 0) is 39.2 Å².